The summed E-state index contributed by atoms with van der Waals surface area (Å²) >= 11 is 0. The zero-order valence-electron chi connectivity index (χ0n) is 21.5. The molecule has 2 aliphatic rings. The topological polar surface area (TPSA) is 17.1 Å². The lowest BCUT2D eigenvalue weighted by molar-refractivity contribution is -0.117. The van der Waals surface area contributed by atoms with Gasteiger partial charge in [0.05, 0.1) is 5.92 Å². The van der Waals surface area contributed by atoms with Crippen molar-refractivity contribution in [1.29, 1.82) is 0 Å². The molecule has 0 bridgehead atoms. The quantitative estimate of drug-likeness (QED) is 0.392. The van der Waals surface area contributed by atoms with Gasteiger partial charge in [-0.25, -0.2) is 0 Å². The highest BCUT2D eigenvalue weighted by Gasteiger charge is 2.25. The van der Waals surface area contributed by atoms with Crippen molar-refractivity contribution in [3.05, 3.63) is 125 Å². The van der Waals surface area contributed by atoms with Crippen LogP contribution in [0, 0.1) is 18.8 Å². The van der Waals surface area contributed by atoms with Gasteiger partial charge in [0.15, 0.2) is 5.78 Å². The first-order valence-corrected chi connectivity index (χ1v) is 13.0. The monoisotopic (exact) mass is 462 g/mol. The number of ketones is 1. The van der Waals surface area contributed by atoms with Crippen LogP contribution in [-0.2, 0) is 11.2 Å². The largest absolute Gasteiger partial charge is 0.294 e. The lowest BCUT2D eigenvalue weighted by Crippen LogP contribution is -2.21. The molecule has 35 heavy (non-hydrogen) atoms. The number of allylic oxidation sites excluding steroid dienone is 8. The van der Waals surface area contributed by atoms with Gasteiger partial charge in [-0.05, 0) is 95.6 Å². The van der Waals surface area contributed by atoms with Crippen LogP contribution in [0.15, 0.2) is 103 Å². The highest BCUT2D eigenvalue weighted by atomic mass is 16.1. The Morgan fingerprint density at radius 1 is 1.00 bits per heavy atom. The molecule has 0 saturated heterocycles. The zero-order chi connectivity index (χ0) is 24.9. The number of rotatable bonds is 6. The van der Waals surface area contributed by atoms with Gasteiger partial charge >= 0.3 is 0 Å². The normalized spacial score (nSPS) is 24.1. The smallest absolute Gasteiger partial charge is 0.163 e. The number of hydrogen-bond acceptors (Lipinski definition) is 1. The summed E-state index contributed by atoms with van der Waals surface area (Å²) in [6.07, 6.45) is 13.8. The van der Waals surface area contributed by atoms with Crippen LogP contribution in [0.5, 0.6) is 0 Å². The lowest BCUT2D eigenvalue weighted by Gasteiger charge is -2.26. The van der Waals surface area contributed by atoms with Crippen molar-refractivity contribution in [3.63, 3.8) is 0 Å². The Morgan fingerprint density at radius 2 is 1.69 bits per heavy atom. The van der Waals surface area contributed by atoms with Gasteiger partial charge in [0.25, 0.3) is 0 Å². The molecule has 1 unspecified atom stereocenters. The highest BCUT2D eigenvalue weighted by Crippen LogP contribution is 2.36. The average Bonchev–Trinajstić information content (AvgIpc) is 2.87. The molecule has 0 amide bonds. The fourth-order valence-electron chi connectivity index (χ4n) is 5.31. The van der Waals surface area contributed by atoms with Crippen LogP contribution in [0.3, 0.4) is 0 Å². The average molecular weight is 463 g/mol. The third kappa shape index (κ3) is 5.90. The molecule has 0 heterocycles. The molecular weight excluding hydrogens is 424 g/mol. The number of aryl methyl sites for hydroxylation is 1. The zero-order valence-corrected chi connectivity index (χ0v) is 21.5. The molecule has 1 heteroatoms. The Hall–Kier alpha value is -3.19. The van der Waals surface area contributed by atoms with Gasteiger partial charge in [-0.2, -0.15) is 0 Å². The minimum absolute atomic E-state index is 0.132. The predicted octanol–water partition coefficient (Wildman–Crippen LogP) is 8.73. The van der Waals surface area contributed by atoms with E-state index in [0.29, 0.717) is 12.3 Å². The van der Waals surface area contributed by atoms with E-state index in [9.17, 15) is 4.79 Å². The summed E-state index contributed by atoms with van der Waals surface area (Å²) in [5.74, 6) is 1.50. The standard InChI is InChI=1S/C34H38O/c1-23-10-13-30(14-11-23)31-18-16-28(17-19-31)26(4)24(2)12-15-29-20-21-34(35)33(27(29)5)22-32-9-7-6-8-25(32)3/h6-9,12,15-21,23,30,33H,4-5,10-11,13-14,22H2,1-3H3/b24-12+,29-15-. The van der Waals surface area contributed by atoms with Crippen LogP contribution in [0.1, 0.15) is 67.7 Å². The van der Waals surface area contributed by atoms with Gasteiger partial charge in [0.2, 0.25) is 0 Å². The second-order valence-corrected chi connectivity index (χ2v) is 10.5. The van der Waals surface area contributed by atoms with E-state index >= 15 is 0 Å². The van der Waals surface area contributed by atoms with Crippen LogP contribution in [0.25, 0.3) is 5.57 Å². The first kappa shape index (κ1) is 24.9. The number of carbonyl (C=O) groups is 1. The van der Waals surface area contributed by atoms with E-state index in [-0.39, 0.29) is 11.7 Å². The third-order valence-electron chi connectivity index (χ3n) is 7.98. The Kier molecular flexibility index (Phi) is 7.86. The Bertz CT molecular complexity index is 1190. The summed E-state index contributed by atoms with van der Waals surface area (Å²) in [5, 5.41) is 0. The van der Waals surface area contributed by atoms with E-state index in [0.717, 1.165) is 33.8 Å². The fraction of sp³-hybridized carbons (Fsp3) is 0.324. The minimum atomic E-state index is -0.209. The second kappa shape index (κ2) is 11.0. The molecule has 1 saturated carbocycles. The minimum Gasteiger partial charge on any atom is -0.294 e. The molecule has 0 N–H and O–H groups in total. The van der Waals surface area contributed by atoms with Crippen LogP contribution in [0.2, 0.25) is 0 Å². The van der Waals surface area contributed by atoms with Crippen molar-refractivity contribution in [2.24, 2.45) is 11.8 Å². The predicted molar refractivity (Wildman–Crippen MR) is 149 cm³/mol. The molecule has 0 aromatic heterocycles. The Labute approximate surface area is 211 Å². The first-order valence-electron chi connectivity index (χ1n) is 13.0. The molecule has 1 nitrogen and oxygen atoms in total. The van der Waals surface area contributed by atoms with E-state index in [2.05, 4.69) is 82.5 Å². The molecular formula is C34H38O. The van der Waals surface area contributed by atoms with Crippen molar-refractivity contribution in [1.82, 2.24) is 0 Å². The molecule has 180 valence electrons. The van der Waals surface area contributed by atoms with E-state index in [1.54, 1.807) is 6.08 Å². The maximum atomic E-state index is 12.7. The summed E-state index contributed by atoms with van der Waals surface area (Å²) < 4.78 is 0. The molecule has 1 atom stereocenters. The van der Waals surface area contributed by atoms with E-state index in [4.69, 9.17) is 0 Å². The van der Waals surface area contributed by atoms with Gasteiger partial charge < -0.3 is 0 Å². The van der Waals surface area contributed by atoms with Gasteiger partial charge in [0, 0.05) is 0 Å². The van der Waals surface area contributed by atoms with Gasteiger partial charge in [-0.3, -0.25) is 4.79 Å². The van der Waals surface area contributed by atoms with Crippen LogP contribution >= 0.6 is 0 Å². The molecule has 0 radical (unpaired) electrons. The van der Waals surface area contributed by atoms with Crippen LogP contribution < -0.4 is 0 Å². The van der Waals surface area contributed by atoms with E-state index in [1.807, 2.05) is 18.2 Å². The van der Waals surface area contributed by atoms with Crippen molar-refractivity contribution in [2.45, 2.75) is 58.8 Å². The summed E-state index contributed by atoms with van der Waals surface area (Å²) in [7, 11) is 0. The molecule has 2 aromatic carbocycles. The van der Waals surface area contributed by atoms with Crippen molar-refractivity contribution in [2.75, 3.05) is 0 Å². The third-order valence-corrected chi connectivity index (χ3v) is 7.98. The number of benzene rings is 2. The highest BCUT2D eigenvalue weighted by molar-refractivity contribution is 5.97. The molecule has 2 aromatic rings. The first-order chi connectivity index (χ1) is 16.8. The number of carbonyl (C=O) groups excluding carboxylic acids is 1. The summed E-state index contributed by atoms with van der Waals surface area (Å²) in [4.78, 5) is 12.7. The maximum Gasteiger partial charge on any atom is 0.163 e. The van der Waals surface area contributed by atoms with Gasteiger partial charge in [0.1, 0.15) is 0 Å². The molecule has 2 aliphatic carbocycles. The van der Waals surface area contributed by atoms with E-state index < -0.39 is 0 Å². The Balaban J connectivity index is 1.45. The van der Waals surface area contributed by atoms with Crippen molar-refractivity contribution >= 4 is 11.4 Å². The van der Waals surface area contributed by atoms with Crippen molar-refractivity contribution in [3.8, 4) is 0 Å². The van der Waals surface area contributed by atoms with E-state index in [1.165, 1.54) is 42.4 Å². The van der Waals surface area contributed by atoms with Crippen LogP contribution in [-0.4, -0.2) is 5.78 Å². The van der Waals surface area contributed by atoms with Crippen molar-refractivity contribution < 1.29 is 4.79 Å². The summed E-state index contributed by atoms with van der Waals surface area (Å²) in [6.45, 7) is 15.2. The van der Waals surface area contributed by atoms with Gasteiger partial charge in [-0.1, -0.05) is 99.7 Å². The summed E-state index contributed by atoms with van der Waals surface area (Å²) in [5.41, 5.74) is 9.09. The van der Waals surface area contributed by atoms with Gasteiger partial charge in [-0.15, -0.1) is 0 Å². The maximum absolute atomic E-state index is 12.7. The molecule has 0 aliphatic heterocycles. The molecule has 0 spiro atoms. The molecule has 4 rings (SSSR count). The Morgan fingerprint density at radius 3 is 2.37 bits per heavy atom. The fourth-order valence-corrected chi connectivity index (χ4v) is 5.31. The SMILES string of the molecule is C=C(/C(C)=C/C=C1/C=CC(=O)C(Cc2ccccc2C)C1=C)c1ccc(C2CCC(C)CC2)cc1. The number of hydrogen-bond donors (Lipinski definition) is 0. The summed E-state index contributed by atoms with van der Waals surface area (Å²) in [6, 6.07) is 17.3. The second-order valence-electron chi connectivity index (χ2n) is 10.5. The molecule has 1 fully saturated rings. The van der Waals surface area contributed by atoms with Crippen LogP contribution in [0.4, 0.5) is 0 Å². The lowest BCUT2D eigenvalue weighted by atomic mass is 9.79.